The van der Waals surface area contributed by atoms with Crippen LogP contribution in [0.25, 0.3) is 10.8 Å². The molecule has 0 radical (unpaired) electrons. The maximum atomic E-state index is 13.9. The number of hydrogen-bond acceptors (Lipinski definition) is 3. The molecule has 2 aromatic carbocycles. The Kier molecular flexibility index (Phi) is 6.00. The summed E-state index contributed by atoms with van der Waals surface area (Å²) in [5.41, 5.74) is -0.234. The number of aromatic nitrogens is 1. The molecule has 1 amide bonds. The van der Waals surface area contributed by atoms with Crippen molar-refractivity contribution in [2.24, 2.45) is 0 Å². The summed E-state index contributed by atoms with van der Waals surface area (Å²) in [6.07, 6.45) is -1.70. The van der Waals surface area contributed by atoms with Gasteiger partial charge in [0.25, 0.3) is 5.56 Å². The van der Waals surface area contributed by atoms with Gasteiger partial charge >= 0.3 is 6.18 Å². The average molecular weight is 462 g/mol. The Morgan fingerprint density at radius 2 is 1.91 bits per heavy atom. The second kappa shape index (κ2) is 8.62. The summed E-state index contributed by atoms with van der Waals surface area (Å²) in [6.45, 7) is 1.50. The Morgan fingerprint density at radius 1 is 1.18 bits per heavy atom. The van der Waals surface area contributed by atoms with Gasteiger partial charge in [0.15, 0.2) is 0 Å². The highest BCUT2D eigenvalue weighted by atomic mass is 19.4. The second-order valence-corrected chi connectivity index (χ2v) is 8.36. The van der Waals surface area contributed by atoms with Gasteiger partial charge in [-0.2, -0.15) is 13.2 Å². The highest BCUT2D eigenvalue weighted by Gasteiger charge is 2.34. The van der Waals surface area contributed by atoms with Gasteiger partial charge in [0.2, 0.25) is 5.91 Å². The summed E-state index contributed by atoms with van der Waals surface area (Å²) in [5.74, 6) is -1.72. The van der Waals surface area contributed by atoms with Crippen LogP contribution in [-0.2, 0) is 17.4 Å². The topological polar surface area (TPSA) is 71.3 Å². The lowest BCUT2D eigenvalue weighted by Gasteiger charge is -2.17. The molecule has 0 saturated heterocycles. The van der Waals surface area contributed by atoms with Gasteiger partial charge in [0, 0.05) is 17.0 Å². The van der Waals surface area contributed by atoms with Gasteiger partial charge in [-0.1, -0.05) is 12.1 Å². The van der Waals surface area contributed by atoms with E-state index in [2.05, 4.69) is 5.32 Å². The number of pyridine rings is 1. The molecule has 0 spiro atoms. The SMILES string of the molecule is CC(CO)n1ccc2c(NC(=O)Cc3ccc(C(F)(F)F)c(F)c3)c(C3CC3)ccc2c1=O. The number of amides is 1. The number of rotatable bonds is 6. The van der Waals surface area contributed by atoms with E-state index in [0.29, 0.717) is 28.6 Å². The molecule has 1 fully saturated rings. The van der Waals surface area contributed by atoms with Crippen molar-refractivity contribution in [2.45, 2.75) is 44.3 Å². The fourth-order valence-electron chi connectivity index (χ4n) is 3.93. The van der Waals surface area contributed by atoms with Crippen molar-refractivity contribution >= 4 is 22.4 Å². The first-order chi connectivity index (χ1) is 15.6. The van der Waals surface area contributed by atoms with Crippen LogP contribution >= 0.6 is 0 Å². The van der Waals surface area contributed by atoms with Crippen LogP contribution in [0.5, 0.6) is 0 Å². The molecule has 0 aliphatic heterocycles. The van der Waals surface area contributed by atoms with E-state index in [-0.39, 0.29) is 30.1 Å². The van der Waals surface area contributed by atoms with Crippen molar-refractivity contribution in [2.75, 3.05) is 11.9 Å². The third-order valence-corrected chi connectivity index (χ3v) is 5.87. The zero-order valence-electron chi connectivity index (χ0n) is 17.7. The Bertz CT molecular complexity index is 1280. The minimum Gasteiger partial charge on any atom is -0.394 e. The summed E-state index contributed by atoms with van der Waals surface area (Å²) in [7, 11) is 0. The molecule has 1 aromatic heterocycles. The third kappa shape index (κ3) is 4.64. The molecule has 1 aliphatic carbocycles. The minimum absolute atomic E-state index is 0.102. The molecule has 1 aliphatic rings. The number of aliphatic hydroxyl groups is 1. The number of carbonyl (C=O) groups is 1. The maximum Gasteiger partial charge on any atom is 0.419 e. The van der Waals surface area contributed by atoms with Crippen LogP contribution in [-0.4, -0.2) is 22.2 Å². The van der Waals surface area contributed by atoms with Crippen LogP contribution in [0.3, 0.4) is 0 Å². The Labute approximate surface area is 186 Å². The summed E-state index contributed by atoms with van der Waals surface area (Å²) in [5, 5.41) is 13.1. The van der Waals surface area contributed by atoms with Crippen molar-refractivity contribution in [1.82, 2.24) is 4.57 Å². The van der Waals surface area contributed by atoms with E-state index in [1.807, 2.05) is 0 Å². The van der Waals surface area contributed by atoms with Crippen LogP contribution in [0.4, 0.5) is 23.2 Å². The van der Waals surface area contributed by atoms with Gasteiger partial charge in [-0.05, 0) is 61.1 Å². The van der Waals surface area contributed by atoms with Gasteiger partial charge in [0.05, 0.1) is 30.3 Å². The molecular weight excluding hydrogens is 440 g/mol. The number of nitrogens with one attached hydrogen (secondary N) is 1. The molecule has 1 saturated carbocycles. The normalized spacial score (nSPS) is 15.0. The number of nitrogens with zero attached hydrogens (tertiary/aromatic N) is 1. The molecule has 5 nitrogen and oxygen atoms in total. The highest BCUT2D eigenvalue weighted by molar-refractivity contribution is 6.04. The monoisotopic (exact) mass is 462 g/mol. The standard InChI is InChI=1S/C24H22F4N2O3/c1-13(12-31)30-9-8-17-18(23(30)33)6-5-16(15-3-4-15)22(17)29-21(32)11-14-2-7-19(20(25)10-14)24(26,27)28/h2,5-10,13,15,31H,3-4,11-12H2,1H3,(H,29,32). The van der Waals surface area contributed by atoms with E-state index < -0.39 is 29.5 Å². The van der Waals surface area contributed by atoms with Gasteiger partial charge in [-0.15, -0.1) is 0 Å². The predicted molar refractivity (Wildman–Crippen MR) is 116 cm³/mol. The van der Waals surface area contributed by atoms with E-state index in [0.717, 1.165) is 24.5 Å². The molecule has 2 N–H and O–H groups in total. The number of halogens is 4. The molecule has 1 heterocycles. The van der Waals surface area contributed by atoms with E-state index in [1.165, 1.54) is 4.57 Å². The fraction of sp³-hybridized carbons (Fsp3) is 0.333. The van der Waals surface area contributed by atoms with Crippen molar-refractivity contribution in [1.29, 1.82) is 0 Å². The number of aliphatic hydroxyl groups excluding tert-OH is 1. The van der Waals surface area contributed by atoms with Crippen molar-refractivity contribution in [3.05, 3.63) is 75.5 Å². The lowest BCUT2D eigenvalue weighted by Crippen LogP contribution is -2.25. The van der Waals surface area contributed by atoms with Crippen molar-refractivity contribution in [3.63, 3.8) is 0 Å². The Balaban J connectivity index is 1.67. The predicted octanol–water partition coefficient (Wildman–Crippen LogP) is 4.77. The smallest absolute Gasteiger partial charge is 0.394 e. The van der Waals surface area contributed by atoms with Crippen LogP contribution in [0.15, 0.2) is 47.4 Å². The molecule has 1 unspecified atom stereocenters. The van der Waals surface area contributed by atoms with E-state index in [9.17, 15) is 32.3 Å². The summed E-state index contributed by atoms with van der Waals surface area (Å²) in [6, 6.07) is 7.18. The number of alkyl halides is 3. The summed E-state index contributed by atoms with van der Waals surface area (Å²) >= 11 is 0. The first kappa shape index (κ1) is 23.0. The van der Waals surface area contributed by atoms with E-state index in [1.54, 1.807) is 31.3 Å². The largest absolute Gasteiger partial charge is 0.419 e. The van der Waals surface area contributed by atoms with Crippen molar-refractivity contribution < 1.29 is 27.5 Å². The molecule has 174 valence electrons. The quantitative estimate of drug-likeness (QED) is 0.519. The maximum absolute atomic E-state index is 13.9. The van der Waals surface area contributed by atoms with Gasteiger partial charge in [-0.25, -0.2) is 4.39 Å². The molecule has 0 bridgehead atoms. The van der Waals surface area contributed by atoms with Gasteiger partial charge in [-0.3, -0.25) is 9.59 Å². The van der Waals surface area contributed by atoms with Crippen molar-refractivity contribution in [3.8, 4) is 0 Å². The first-order valence-electron chi connectivity index (χ1n) is 10.5. The Hall–Kier alpha value is -3.20. The zero-order valence-corrected chi connectivity index (χ0v) is 17.7. The minimum atomic E-state index is -4.81. The Morgan fingerprint density at radius 3 is 2.52 bits per heavy atom. The summed E-state index contributed by atoms with van der Waals surface area (Å²) in [4.78, 5) is 25.7. The van der Waals surface area contributed by atoms with Crippen LogP contribution in [0, 0.1) is 5.82 Å². The molecule has 9 heteroatoms. The number of carbonyl (C=O) groups excluding carboxylic acids is 1. The number of anilines is 1. The first-order valence-corrected chi connectivity index (χ1v) is 10.5. The zero-order chi connectivity index (χ0) is 23.9. The fourth-order valence-corrected chi connectivity index (χ4v) is 3.93. The van der Waals surface area contributed by atoms with Crippen LogP contribution in [0.1, 0.15) is 48.4 Å². The molecule has 1 atom stereocenters. The molecule has 4 rings (SSSR count). The highest BCUT2D eigenvalue weighted by Crippen LogP contribution is 2.45. The molecular formula is C24H22F4N2O3. The number of hydrogen-bond donors (Lipinski definition) is 2. The van der Waals surface area contributed by atoms with E-state index in [4.69, 9.17) is 0 Å². The lowest BCUT2D eigenvalue weighted by atomic mass is 10.0. The van der Waals surface area contributed by atoms with E-state index >= 15 is 0 Å². The lowest BCUT2D eigenvalue weighted by molar-refractivity contribution is -0.140. The van der Waals surface area contributed by atoms with Gasteiger partial charge in [0.1, 0.15) is 5.82 Å². The number of benzene rings is 2. The summed E-state index contributed by atoms with van der Waals surface area (Å²) < 4.78 is 53.6. The second-order valence-electron chi connectivity index (χ2n) is 8.36. The molecule has 33 heavy (non-hydrogen) atoms. The average Bonchev–Trinajstić information content (AvgIpc) is 3.58. The third-order valence-electron chi connectivity index (χ3n) is 5.87. The van der Waals surface area contributed by atoms with Gasteiger partial charge < -0.3 is 15.0 Å². The van der Waals surface area contributed by atoms with Crippen LogP contribution in [0.2, 0.25) is 0 Å². The van der Waals surface area contributed by atoms with Crippen LogP contribution < -0.4 is 10.9 Å². The number of fused-ring (bicyclic) bond motifs is 1. The molecule has 3 aromatic rings.